The monoisotopic (exact) mass is 134 g/mol. The molecule has 0 aromatic rings. The molecule has 0 amide bonds. The van der Waals surface area contributed by atoms with E-state index in [-0.39, 0.29) is 6.42 Å². The van der Waals surface area contributed by atoms with Gasteiger partial charge in [0, 0.05) is 19.4 Å². The van der Waals surface area contributed by atoms with Crippen LogP contribution in [-0.2, 0) is 4.74 Å². The fourth-order valence-corrected chi connectivity index (χ4v) is 0.912. The number of rotatable bonds is 0. The lowest BCUT2D eigenvalue weighted by molar-refractivity contribution is 0.0497. The van der Waals surface area contributed by atoms with E-state index < -0.39 is 12.3 Å². The number of halogens is 1. The SMILES string of the molecule is OC1COCCC(F)C1. The Bertz CT molecular complexity index is 77.1. The summed E-state index contributed by atoms with van der Waals surface area (Å²) in [4.78, 5) is 0. The van der Waals surface area contributed by atoms with Crippen LogP contribution < -0.4 is 0 Å². The smallest absolute Gasteiger partial charge is 0.105 e. The molecule has 0 radical (unpaired) electrons. The van der Waals surface area contributed by atoms with E-state index in [0.29, 0.717) is 19.6 Å². The van der Waals surface area contributed by atoms with Crippen molar-refractivity contribution in [1.29, 1.82) is 0 Å². The first-order valence-corrected chi connectivity index (χ1v) is 3.19. The van der Waals surface area contributed by atoms with E-state index in [2.05, 4.69) is 0 Å². The van der Waals surface area contributed by atoms with Gasteiger partial charge in [-0.25, -0.2) is 4.39 Å². The third-order valence-corrected chi connectivity index (χ3v) is 1.41. The standard InChI is InChI=1S/C6H11FO2/c7-5-1-2-9-4-6(8)3-5/h5-6,8H,1-4H2. The van der Waals surface area contributed by atoms with Crippen molar-refractivity contribution in [3.05, 3.63) is 0 Å². The lowest BCUT2D eigenvalue weighted by Gasteiger charge is -2.05. The molecule has 1 saturated heterocycles. The maximum absolute atomic E-state index is 12.5. The summed E-state index contributed by atoms with van der Waals surface area (Å²) in [5.41, 5.74) is 0. The van der Waals surface area contributed by atoms with Gasteiger partial charge in [0.15, 0.2) is 0 Å². The van der Waals surface area contributed by atoms with E-state index in [1.807, 2.05) is 0 Å². The summed E-state index contributed by atoms with van der Waals surface area (Å²) in [6.45, 7) is 0.735. The molecule has 1 aliphatic rings. The van der Waals surface area contributed by atoms with E-state index in [9.17, 15) is 4.39 Å². The van der Waals surface area contributed by atoms with Crippen molar-refractivity contribution in [2.75, 3.05) is 13.2 Å². The Morgan fingerprint density at radius 2 is 2.33 bits per heavy atom. The highest BCUT2D eigenvalue weighted by atomic mass is 19.1. The second kappa shape index (κ2) is 3.13. The summed E-state index contributed by atoms with van der Waals surface area (Å²) >= 11 is 0. The minimum atomic E-state index is -0.873. The van der Waals surface area contributed by atoms with E-state index >= 15 is 0 Å². The maximum atomic E-state index is 12.5. The summed E-state index contributed by atoms with van der Waals surface area (Å²) in [5, 5.41) is 8.89. The number of aliphatic hydroxyl groups excluding tert-OH is 1. The van der Waals surface area contributed by atoms with E-state index in [0.717, 1.165) is 0 Å². The zero-order chi connectivity index (χ0) is 6.69. The fourth-order valence-electron chi connectivity index (χ4n) is 0.912. The zero-order valence-corrected chi connectivity index (χ0v) is 5.22. The average molecular weight is 134 g/mol. The van der Waals surface area contributed by atoms with Gasteiger partial charge in [0.1, 0.15) is 6.17 Å². The lowest BCUT2D eigenvalue weighted by atomic mass is 10.1. The molecule has 1 fully saturated rings. The molecule has 2 atom stereocenters. The molecule has 2 nitrogen and oxygen atoms in total. The van der Waals surface area contributed by atoms with Gasteiger partial charge < -0.3 is 9.84 Å². The molecule has 0 spiro atoms. The Morgan fingerprint density at radius 3 is 3.11 bits per heavy atom. The van der Waals surface area contributed by atoms with Crippen LogP contribution in [0.5, 0.6) is 0 Å². The van der Waals surface area contributed by atoms with Gasteiger partial charge in [-0.1, -0.05) is 0 Å². The summed E-state index contributed by atoms with van der Waals surface area (Å²) < 4.78 is 17.3. The van der Waals surface area contributed by atoms with Crippen molar-refractivity contribution in [2.45, 2.75) is 25.1 Å². The Kier molecular flexibility index (Phi) is 2.42. The van der Waals surface area contributed by atoms with Gasteiger partial charge in [-0.3, -0.25) is 0 Å². The third-order valence-electron chi connectivity index (χ3n) is 1.41. The summed E-state index contributed by atoms with van der Waals surface area (Å²) in [6, 6.07) is 0. The molecule has 0 aliphatic carbocycles. The summed E-state index contributed by atoms with van der Waals surface area (Å²) in [5.74, 6) is 0. The van der Waals surface area contributed by atoms with Crippen LogP contribution in [-0.4, -0.2) is 30.6 Å². The predicted molar refractivity (Wildman–Crippen MR) is 31.0 cm³/mol. The number of alkyl halides is 1. The number of aliphatic hydroxyl groups is 1. The highest BCUT2D eigenvalue weighted by Gasteiger charge is 2.17. The second-order valence-corrected chi connectivity index (χ2v) is 2.35. The predicted octanol–water partition coefficient (Wildman–Crippen LogP) is 0.496. The first-order chi connectivity index (χ1) is 4.29. The van der Waals surface area contributed by atoms with Crippen molar-refractivity contribution in [2.24, 2.45) is 0 Å². The molecule has 0 aromatic carbocycles. The number of hydrogen-bond acceptors (Lipinski definition) is 2. The van der Waals surface area contributed by atoms with Gasteiger partial charge in [0.05, 0.1) is 12.7 Å². The van der Waals surface area contributed by atoms with Gasteiger partial charge in [0.25, 0.3) is 0 Å². The van der Waals surface area contributed by atoms with Gasteiger partial charge in [0.2, 0.25) is 0 Å². The molecule has 3 heteroatoms. The second-order valence-electron chi connectivity index (χ2n) is 2.35. The zero-order valence-electron chi connectivity index (χ0n) is 5.22. The van der Waals surface area contributed by atoms with Crippen LogP contribution in [0.1, 0.15) is 12.8 Å². The molecular formula is C6H11FO2. The Balaban J connectivity index is 2.29. The normalized spacial score (nSPS) is 38.0. The number of ether oxygens (including phenoxy) is 1. The lowest BCUT2D eigenvalue weighted by Crippen LogP contribution is -2.15. The minimum Gasteiger partial charge on any atom is -0.391 e. The quantitative estimate of drug-likeness (QED) is 0.522. The largest absolute Gasteiger partial charge is 0.391 e. The topological polar surface area (TPSA) is 29.5 Å². The van der Waals surface area contributed by atoms with Crippen LogP contribution in [0.2, 0.25) is 0 Å². The Morgan fingerprint density at radius 1 is 1.56 bits per heavy atom. The molecule has 54 valence electrons. The molecule has 1 rings (SSSR count). The van der Waals surface area contributed by atoms with Crippen LogP contribution in [0.3, 0.4) is 0 Å². The molecule has 1 N–H and O–H groups in total. The highest BCUT2D eigenvalue weighted by Crippen LogP contribution is 2.11. The van der Waals surface area contributed by atoms with Crippen molar-refractivity contribution in [3.8, 4) is 0 Å². The molecular weight excluding hydrogens is 123 g/mol. The van der Waals surface area contributed by atoms with Crippen LogP contribution in [0.15, 0.2) is 0 Å². The van der Waals surface area contributed by atoms with Crippen molar-refractivity contribution in [3.63, 3.8) is 0 Å². The van der Waals surface area contributed by atoms with Gasteiger partial charge in [-0.05, 0) is 0 Å². The Hall–Kier alpha value is -0.150. The first kappa shape index (κ1) is 6.96. The molecule has 1 heterocycles. The molecule has 0 bridgehead atoms. The first-order valence-electron chi connectivity index (χ1n) is 3.19. The third kappa shape index (κ3) is 2.28. The average Bonchev–Trinajstić information content (AvgIpc) is 1.93. The van der Waals surface area contributed by atoms with Gasteiger partial charge in [-0.2, -0.15) is 0 Å². The van der Waals surface area contributed by atoms with E-state index in [4.69, 9.17) is 9.84 Å². The number of hydrogen-bond donors (Lipinski definition) is 1. The van der Waals surface area contributed by atoms with E-state index in [1.165, 1.54) is 0 Å². The molecule has 0 saturated carbocycles. The highest BCUT2D eigenvalue weighted by molar-refractivity contribution is 4.66. The molecule has 0 aromatic heterocycles. The molecule has 9 heavy (non-hydrogen) atoms. The van der Waals surface area contributed by atoms with Gasteiger partial charge in [-0.15, -0.1) is 0 Å². The molecule has 2 unspecified atom stereocenters. The van der Waals surface area contributed by atoms with Gasteiger partial charge >= 0.3 is 0 Å². The molecule has 1 aliphatic heterocycles. The van der Waals surface area contributed by atoms with Crippen molar-refractivity contribution in [1.82, 2.24) is 0 Å². The summed E-state index contributed by atoms with van der Waals surface area (Å²) in [7, 11) is 0. The van der Waals surface area contributed by atoms with Crippen LogP contribution >= 0.6 is 0 Å². The fraction of sp³-hybridized carbons (Fsp3) is 1.00. The minimum absolute atomic E-state index is 0.236. The Labute approximate surface area is 53.6 Å². The maximum Gasteiger partial charge on any atom is 0.105 e. The van der Waals surface area contributed by atoms with Crippen molar-refractivity contribution < 1.29 is 14.2 Å². The van der Waals surface area contributed by atoms with Crippen LogP contribution in [0, 0.1) is 0 Å². The van der Waals surface area contributed by atoms with Crippen LogP contribution in [0.25, 0.3) is 0 Å². The van der Waals surface area contributed by atoms with E-state index in [1.54, 1.807) is 0 Å². The van der Waals surface area contributed by atoms with Crippen molar-refractivity contribution >= 4 is 0 Å². The van der Waals surface area contributed by atoms with Crippen LogP contribution in [0.4, 0.5) is 4.39 Å². The summed E-state index contributed by atoms with van der Waals surface area (Å²) in [6.07, 6.45) is -0.804.